The van der Waals surface area contributed by atoms with Gasteiger partial charge >= 0.3 is 0 Å². The third-order valence-corrected chi connectivity index (χ3v) is 8.10. The van der Waals surface area contributed by atoms with Gasteiger partial charge in [-0.1, -0.05) is 29.8 Å². The van der Waals surface area contributed by atoms with E-state index in [1.807, 2.05) is 31.2 Å². The maximum Gasteiger partial charge on any atom is 0.243 e. The van der Waals surface area contributed by atoms with Gasteiger partial charge in [-0.15, -0.1) is 0 Å². The van der Waals surface area contributed by atoms with Gasteiger partial charge in [-0.05, 0) is 56.0 Å². The summed E-state index contributed by atoms with van der Waals surface area (Å²) in [6.07, 6.45) is 2.14. The van der Waals surface area contributed by atoms with Crippen LogP contribution in [0.2, 0.25) is 0 Å². The van der Waals surface area contributed by atoms with Crippen LogP contribution in [0.25, 0.3) is 0 Å². The summed E-state index contributed by atoms with van der Waals surface area (Å²) < 4.78 is 32.9. The quantitative estimate of drug-likeness (QED) is 0.692. The van der Waals surface area contributed by atoms with Crippen molar-refractivity contribution in [2.24, 2.45) is 0 Å². The van der Waals surface area contributed by atoms with Gasteiger partial charge in [0.25, 0.3) is 0 Å². The highest BCUT2D eigenvalue weighted by Gasteiger charge is 2.39. The molecule has 0 aliphatic carbocycles. The second kappa shape index (κ2) is 10.1. The highest BCUT2D eigenvalue weighted by molar-refractivity contribution is 7.89. The summed E-state index contributed by atoms with van der Waals surface area (Å²) in [6.45, 7) is 6.79. The van der Waals surface area contributed by atoms with Crippen LogP contribution in [0, 0.1) is 6.92 Å². The van der Waals surface area contributed by atoms with Crippen LogP contribution in [-0.4, -0.2) is 69.0 Å². The number of sulfonamides is 1. The first kappa shape index (κ1) is 22.9. The number of carbonyl (C=O) groups excluding carboxylic acids is 1. The summed E-state index contributed by atoms with van der Waals surface area (Å²) in [5.74, 6) is -0.278. The Bertz CT molecular complexity index is 1020. The fourth-order valence-corrected chi connectivity index (χ4v) is 5.88. The first-order chi connectivity index (χ1) is 15.4. The maximum absolute atomic E-state index is 13.1. The summed E-state index contributed by atoms with van der Waals surface area (Å²) in [4.78, 5) is 15.6. The Labute approximate surface area is 190 Å². The Morgan fingerprint density at radius 3 is 2.41 bits per heavy atom. The molecule has 2 heterocycles. The van der Waals surface area contributed by atoms with Crippen molar-refractivity contribution in [3.05, 3.63) is 59.7 Å². The minimum Gasteiger partial charge on any atom is -0.379 e. The molecule has 2 aliphatic heterocycles. The molecule has 0 unspecified atom stereocenters. The van der Waals surface area contributed by atoms with E-state index in [0.717, 1.165) is 44.8 Å². The van der Waals surface area contributed by atoms with E-state index in [-0.39, 0.29) is 10.8 Å². The number of rotatable bonds is 7. The second-order valence-corrected chi connectivity index (χ2v) is 10.4. The largest absolute Gasteiger partial charge is 0.379 e. The minimum absolute atomic E-state index is 0.229. The lowest BCUT2D eigenvalue weighted by atomic mass is 10.1. The van der Waals surface area contributed by atoms with Gasteiger partial charge in [0.2, 0.25) is 15.9 Å². The van der Waals surface area contributed by atoms with E-state index in [1.165, 1.54) is 9.87 Å². The molecule has 1 N–H and O–H groups in total. The lowest BCUT2D eigenvalue weighted by molar-refractivity contribution is -0.119. The predicted molar refractivity (Wildman–Crippen MR) is 124 cm³/mol. The van der Waals surface area contributed by atoms with Crippen molar-refractivity contribution in [1.82, 2.24) is 9.21 Å². The molecule has 172 valence electrons. The fraction of sp³-hybridized carbons (Fsp3) is 0.458. The summed E-state index contributed by atoms with van der Waals surface area (Å²) in [7, 11) is -3.71. The van der Waals surface area contributed by atoms with Gasteiger partial charge in [0, 0.05) is 31.9 Å². The topological polar surface area (TPSA) is 79.0 Å². The van der Waals surface area contributed by atoms with E-state index in [2.05, 4.69) is 10.2 Å². The molecule has 1 atom stereocenters. The summed E-state index contributed by atoms with van der Waals surface area (Å²) in [5, 5.41) is 2.91. The first-order valence-corrected chi connectivity index (χ1v) is 12.7. The lowest BCUT2D eigenvalue weighted by Crippen LogP contribution is -2.43. The number of anilines is 1. The molecule has 2 aliphatic rings. The van der Waals surface area contributed by atoms with E-state index in [1.54, 1.807) is 24.3 Å². The van der Waals surface area contributed by atoms with Crippen LogP contribution in [-0.2, 0) is 26.0 Å². The SMILES string of the molecule is Cc1ccc(S(=O)(=O)N2CCC[C@H]2C(=O)Nc2ccc(CCN3CCOCC3)cc2)cc1. The van der Waals surface area contributed by atoms with E-state index in [4.69, 9.17) is 4.74 Å². The van der Waals surface area contributed by atoms with Crippen molar-refractivity contribution in [3.63, 3.8) is 0 Å². The molecule has 0 bridgehead atoms. The second-order valence-electron chi connectivity index (χ2n) is 8.48. The van der Waals surface area contributed by atoms with E-state index in [9.17, 15) is 13.2 Å². The zero-order valence-electron chi connectivity index (χ0n) is 18.5. The Kier molecular flexibility index (Phi) is 7.25. The first-order valence-electron chi connectivity index (χ1n) is 11.2. The molecule has 1 amide bonds. The zero-order valence-corrected chi connectivity index (χ0v) is 19.3. The van der Waals surface area contributed by atoms with Crippen molar-refractivity contribution >= 4 is 21.6 Å². The van der Waals surface area contributed by atoms with Crippen LogP contribution in [0.1, 0.15) is 24.0 Å². The number of benzene rings is 2. The zero-order chi connectivity index (χ0) is 22.6. The van der Waals surface area contributed by atoms with Gasteiger partial charge in [-0.25, -0.2) is 8.42 Å². The van der Waals surface area contributed by atoms with Crippen LogP contribution in [0.3, 0.4) is 0 Å². The molecule has 0 aromatic heterocycles. The highest BCUT2D eigenvalue weighted by atomic mass is 32.2. The fourth-order valence-electron chi connectivity index (χ4n) is 4.23. The summed E-state index contributed by atoms with van der Waals surface area (Å²) in [5.41, 5.74) is 2.89. The number of ether oxygens (including phenoxy) is 1. The van der Waals surface area contributed by atoms with Crippen LogP contribution < -0.4 is 5.32 Å². The van der Waals surface area contributed by atoms with E-state index in [0.29, 0.717) is 25.1 Å². The maximum atomic E-state index is 13.1. The molecular formula is C24H31N3O4S. The van der Waals surface area contributed by atoms with Crippen molar-refractivity contribution in [2.75, 3.05) is 44.7 Å². The number of nitrogens with one attached hydrogen (secondary N) is 1. The van der Waals surface area contributed by atoms with Gasteiger partial charge in [0.05, 0.1) is 18.1 Å². The van der Waals surface area contributed by atoms with Gasteiger partial charge in [0.1, 0.15) is 6.04 Å². The van der Waals surface area contributed by atoms with Gasteiger partial charge in [-0.2, -0.15) is 4.31 Å². The average molecular weight is 458 g/mol. The number of nitrogens with zero attached hydrogens (tertiary/aromatic N) is 2. The van der Waals surface area contributed by atoms with E-state index < -0.39 is 16.1 Å². The van der Waals surface area contributed by atoms with Crippen LogP contribution >= 0.6 is 0 Å². The standard InChI is InChI=1S/C24H31N3O4S/c1-19-4-10-22(11-5-19)32(29,30)27-13-2-3-23(27)24(28)25-21-8-6-20(7-9-21)12-14-26-15-17-31-18-16-26/h4-11,23H,2-3,12-18H2,1H3,(H,25,28)/t23-/m0/s1. The average Bonchev–Trinajstić information content (AvgIpc) is 3.31. The molecule has 0 spiro atoms. The molecule has 2 saturated heterocycles. The molecule has 4 rings (SSSR count). The molecule has 7 nitrogen and oxygen atoms in total. The van der Waals surface area contributed by atoms with Crippen molar-refractivity contribution < 1.29 is 17.9 Å². The molecule has 2 fully saturated rings. The number of hydrogen-bond donors (Lipinski definition) is 1. The van der Waals surface area contributed by atoms with E-state index >= 15 is 0 Å². The van der Waals surface area contributed by atoms with Crippen LogP contribution in [0.4, 0.5) is 5.69 Å². The number of amides is 1. The smallest absolute Gasteiger partial charge is 0.243 e. The number of carbonyl (C=O) groups is 1. The van der Waals surface area contributed by atoms with Gasteiger partial charge in [0.15, 0.2) is 0 Å². The van der Waals surface area contributed by atoms with Gasteiger partial charge < -0.3 is 10.1 Å². The lowest BCUT2D eigenvalue weighted by Gasteiger charge is -2.26. The summed E-state index contributed by atoms with van der Waals surface area (Å²) in [6, 6.07) is 13.9. The number of hydrogen-bond acceptors (Lipinski definition) is 5. The third-order valence-electron chi connectivity index (χ3n) is 6.18. The van der Waals surface area contributed by atoms with Crippen molar-refractivity contribution in [2.45, 2.75) is 37.1 Å². The predicted octanol–water partition coefficient (Wildman–Crippen LogP) is 2.66. The molecule has 0 saturated carbocycles. The Morgan fingerprint density at radius 1 is 1.03 bits per heavy atom. The van der Waals surface area contributed by atoms with Crippen molar-refractivity contribution in [3.8, 4) is 0 Å². The summed E-state index contributed by atoms with van der Waals surface area (Å²) >= 11 is 0. The molecule has 8 heteroatoms. The van der Waals surface area contributed by atoms with Gasteiger partial charge in [-0.3, -0.25) is 9.69 Å². The Hall–Kier alpha value is -2.26. The highest BCUT2D eigenvalue weighted by Crippen LogP contribution is 2.27. The van der Waals surface area contributed by atoms with Crippen LogP contribution in [0.15, 0.2) is 53.4 Å². The molecular weight excluding hydrogens is 426 g/mol. The number of morpholine rings is 1. The minimum atomic E-state index is -3.71. The molecule has 2 aromatic rings. The molecule has 32 heavy (non-hydrogen) atoms. The third kappa shape index (κ3) is 5.38. The Balaban J connectivity index is 1.36. The van der Waals surface area contributed by atoms with Crippen LogP contribution in [0.5, 0.6) is 0 Å². The monoisotopic (exact) mass is 457 g/mol. The van der Waals surface area contributed by atoms with Crippen molar-refractivity contribution in [1.29, 1.82) is 0 Å². The Morgan fingerprint density at radius 2 is 1.72 bits per heavy atom. The molecule has 0 radical (unpaired) electrons. The normalized spacial score (nSPS) is 20.3. The molecule has 2 aromatic carbocycles. The number of aryl methyl sites for hydroxylation is 1.